The van der Waals surface area contributed by atoms with E-state index in [4.69, 9.17) is 5.26 Å². The molecule has 0 spiro atoms. The molecule has 0 saturated carbocycles. The highest BCUT2D eigenvalue weighted by molar-refractivity contribution is 6.21. The lowest BCUT2D eigenvalue weighted by molar-refractivity contribution is -0.242. The zero-order valence-corrected chi connectivity index (χ0v) is 7.84. The molecular weight excluding hydrogens is 198 g/mol. The van der Waals surface area contributed by atoms with Crippen LogP contribution in [0.5, 0.6) is 0 Å². The third-order valence-electron chi connectivity index (χ3n) is 2.28. The maximum absolute atomic E-state index is 11.7. The van der Waals surface area contributed by atoms with Gasteiger partial charge in [-0.1, -0.05) is 12.1 Å². The third-order valence-corrected chi connectivity index (χ3v) is 2.28. The molecule has 1 aliphatic heterocycles. The summed E-state index contributed by atoms with van der Waals surface area (Å²) in [7, 11) is 0. The van der Waals surface area contributed by atoms with Gasteiger partial charge in [-0.2, -0.15) is 0 Å². The minimum absolute atomic E-state index is 0.0584. The topological polar surface area (TPSA) is 66.8 Å². The van der Waals surface area contributed by atoms with Gasteiger partial charge in [0.1, 0.15) is 6.61 Å². The van der Waals surface area contributed by atoms with E-state index >= 15 is 0 Å². The summed E-state index contributed by atoms with van der Waals surface area (Å²) in [4.78, 5) is 28.3. The standard InChI is InChI=1S/C10H9NO4/c12-9-7-3-1-2-4-8(7)10(13)11(9)5-6-15-14/h1-4,14H,5-6H2. The van der Waals surface area contributed by atoms with Crippen LogP contribution in [-0.4, -0.2) is 35.1 Å². The van der Waals surface area contributed by atoms with Crippen LogP contribution in [0, 0.1) is 0 Å². The normalized spacial score (nSPS) is 14.6. The minimum Gasteiger partial charge on any atom is -0.272 e. The summed E-state index contributed by atoms with van der Waals surface area (Å²) >= 11 is 0. The van der Waals surface area contributed by atoms with Gasteiger partial charge in [0.25, 0.3) is 11.8 Å². The quantitative estimate of drug-likeness (QED) is 0.451. The van der Waals surface area contributed by atoms with E-state index in [1.54, 1.807) is 24.3 Å². The Kier molecular flexibility index (Phi) is 2.49. The Morgan fingerprint density at radius 1 is 1.13 bits per heavy atom. The van der Waals surface area contributed by atoms with Crippen molar-refractivity contribution in [3.05, 3.63) is 35.4 Å². The van der Waals surface area contributed by atoms with Crippen molar-refractivity contribution in [2.24, 2.45) is 0 Å². The smallest absolute Gasteiger partial charge is 0.261 e. The number of fused-ring (bicyclic) bond motifs is 1. The Bertz CT molecular complexity index is 381. The molecule has 1 aliphatic rings. The van der Waals surface area contributed by atoms with Crippen LogP contribution < -0.4 is 0 Å². The van der Waals surface area contributed by atoms with Crippen molar-refractivity contribution in [3.8, 4) is 0 Å². The van der Waals surface area contributed by atoms with Gasteiger partial charge in [0.2, 0.25) is 0 Å². The first-order chi connectivity index (χ1) is 7.25. The second kappa shape index (κ2) is 3.80. The lowest BCUT2D eigenvalue weighted by Crippen LogP contribution is -2.32. The predicted molar refractivity (Wildman–Crippen MR) is 50.4 cm³/mol. The number of nitrogens with zero attached hydrogens (tertiary/aromatic N) is 1. The van der Waals surface area contributed by atoms with E-state index < -0.39 is 0 Å². The zero-order chi connectivity index (χ0) is 10.8. The fraction of sp³-hybridized carbons (Fsp3) is 0.200. The van der Waals surface area contributed by atoms with Crippen molar-refractivity contribution in [2.45, 2.75) is 0 Å². The van der Waals surface area contributed by atoms with E-state index in [-0.39, 0.29) is 25.0 Å². The van der Waals surface area contributed by atoms with Crippen LogP contribution in [0.2, 0.25) is 0 Å². The van der Waals surface area contributed by atoms with Gasteiger partial charge in [-0.05, 0) is 12.1 Å². The Balaban J connectivity index is 2.29. The van der Waals surface area contributed by atoms with Crippen LogP contribution >= 0.6 is 0 Å². The van der Waals surface area contributed by atoms with Crippen LogP contribution in [0.25, 0.3) is 0 Å². The first kappa shape index (κ1) is 9.82. The van der Waals surface area contributed by atoms with Crippen molar-refractivity contribution < 1.29 is 19.7 Å². The average molecular weight is 207 g/mol. The Morgan fingerprint density at radius 3 is 2.13 bits per heavy atom. The highest BCUT2D eigenvalue weighted by atomic mass is 17.1. The summed E-state index contributed by atoms with van der Waals surface area (Å²) in [5, 5.41) is 8.17. The second-order valence-corrected chi connectivity index (χ2v) is 3.14. The number of carbonyl (C=O) groups excluding carboxylic acids is 2. The molecule has 5 nitrogen and oxygen atoms in total. The summed E-state index contributed by atoms with van der Waals surface area (Å²) < 4.78 is 0. The molecule has 1 aromatic rings. The molecule has 78 valence electrons. The summed E-state index contributed by atoms with van der Waals surface area (Å²) in [6.45, 7) is -0.0195. The number of benzene rings is 1. The summed E-state index contributed by atoms with van der Waals surface area (Å²) in [6.07, 6.45) is 0. The predicted octanol–water partition coefficient (Wildman–Crippen LogP) is 0.772. The van der Waals surface area contributed by atoms with E-state index in [0.717, 1.165) is 4.90 Å². The van der Waals surface area contributed by atoms with Crippen molar-refractivity contribution >= 4 is 11.8 Å². The molecule has 0 aliphatic carbocycles. The number of hydrogen-bond acceptors (Lipinski definition) is 4. The van der Waals surface area contributed by atoms with E-state index in [2.05, 4.69) is 4.89 Å². The van der Waals surface area contributed by atoms with Crippen LogP contribution in [-0.2, 0) is 4.89 Å². The number of imide groups is 1. The SMILES string of the molecule is O=C1c2ccccc2C(=O)N1CCOO. The maximum atomic E-state index is 11.7. The molecule has 0 radical (unpaired) electrons. The van der Waals surface area contributed by atoms with Gasteiger partial charge in [0.15, 0.2) is 0 Å². The Morgan fingerprint density at radius 2 is 1.67 bits per heavy atom. The molecule has 5 heteroatoms. The molecule has 2 amide bonds. The molecule has 15 heavy (non-hydrogen) atoms. The van der Waals surface area contributed by atoms with Crippen LogP contribution in [0.1, 0.15) is 20.7 Å². The summed E-state index contributed by atoms with van der Waals surface area (Å²) in [5.41, 5.74) is 0.806. The zero-order valence-electron chi connectivity index (χ0n) is 7.84. The van der Waals surface area contributed by atoms with Crippen molar-refractivity contribution in [2.75, 3.05) is 13.2 Å². The molecule has 1 heterocycles. The molecule has 0 aromatic heterocycles. The first-order valence-corrected chi connectivity index (χ1v) is 4.47. The lowest BCUT2D eigenvalue weighted by Gasteiger charge is -2.11. The monoisotopic (exact) mass is 207 g/mol. The average Bonchev–Trinajstić information content (AvgIpc) is 2.51. The third kappa shape index (κ3) is 1.51. The summed E-state index contributed by atoms with van der Waals surface area (Å²) in [5.74, 6) is -0.680. The van der Waals surface area contributed by atoms with Gasteiger partial charge < -0.3 is 0 Å². The fourth-order valence-corrected chi connectivity index (χ4v) is 1.57. The highest BCUT2D eigenvalue weighted by Gasteiger charge is 2.34. The molecule has 0 atom stereocenters. The number of hydrogen-bond donors (Lipinski definition) is 1. The number of amides is 2. The highest BCUT2D eigenvalue weighted by Crippen LogP contribution is 2.21. The second-order valence-electron chi connectivity index (χ2n) is 3.14. The van der Waals surface area contributed by atoms with E-state index in [1.807, 2.05) is 0 Å². The Hall–Kier alpha value is -1.72. The van der Waals surface area contributed by atoms with E-state index in [0.29, 0.717) is 11.1 Å². The van der Waals surface area contributed by atoms with Gasteiger partial charge in [-0.15, -0.1) is 0 Å². The maximum Gasteiger partial charge on any atom is 0.261 e. The van der Waals surface area contributed by atoms with Gasteiger partial charge >= 0.3 is 0 Å². The van der Waals surface area contributed by atoms with Gasteiger partial charge in [-0.25, -0.2) is 4.89 Å². The molecule has 0 bridgehead atoms. The molecule has 0 fully saturated rings. The summed E-state index contributed by atoms with van der Waals surface area (Å²) in [6, 6.07) is 6.62. The molecule has 2 rings (SSSR count). The van der Waals surface area contributed by atoms with Gasteiger partial charge in [0.05, 0.1) is 17.7 Å². The van der Waals surface area contributed by atoms with Crippen LogP contribution in [0.15, 0.2) is 24.3 Å². The lowest BCUT2D eigenvalue weighted by atomic mass is 10.1. The number of rotatable bonds is 3. The first-order valence-electron chi connectivity index (χ1n) is 4.47. The van der Waals surface area contributed by atoms with Crippen molar-refractivity contribution in [1.82, 2.24) is 4.90 Å². The van der Waals surface area contributed by atoms with Gasteiger partial charge in [-0.3, -0.25) is 19.7 Å². The van der Waals surface area contributed by atoms with Crippen LogP contribution in [0.3, 0.4) is 0 Å². The van der Waals surface area contributed by atoms with Gasteiger partial charge in [0, 0.05) is 0 Å². The van der Waals surface area contributed by atoms with Crippen LogP contribution in [0.4, 0.5) is 0 Å². The fourth-order valence-electron chi connectivity index (χ4n) is 1.57. The molecular formula is C10H9NO4. The molecule has 0 unspecified atom stereocenters. The van der Waals surface area contributed by atoms with E-state index in [1.165, 1.54) is 0 Å². The minimum atomic E-state index is -0.340. The molecule has 0 saturated heterocycles. The van der Waals surface area contributed by atoms with Crippen molar-refractivity contribution in [1.29, 1.82) is 0 Å². The van der Waals surface area contributed by atoms with E-state index in [9.17, 15) is 9.59 Å². The Labute approximate surface area is 85.8 Å². The van der Waals surface area contributed by atoms with Crippen molar-refractivity contribution in [3.63, 3.8) is 0 Å². The number of carbonyl (C=O) groups is 2. The molecule has 1 N–H and O–H groups in total. The largest absolute Gasteiger partial charge is 0.272 e. The molecule has 1 aromatic carbocycles.